The average Bonchev–Trinajstić information content (AvgIpc) is 3.49. The third-order valence-corrected chi connectivity index (χ3v) is 12.4. The lowest BCUT2D eigenvalue weighted by molar-refractivity contribution is 0.0646. The Bertz CT molecular complexity index is 2400. The van der Waals surface area contributed by atoms with E-state index in [1.54, 1.807) is 38.5 Å². The summed E-state index contributed by atoms with van der Waals surface area (Å²) in [5.41, 5.74) is 8.27. The molecule has 5 aromatic rings. The zero-order chi connectivity index (χ0) is 40.8. The fraction of sp³-hybridized carbons (Fsp3) is 0.333. The maximum absolute atomic E-state index is 13.0. The van der Waals surface area contributed by atoms with Crippen LogP contribution >= 0.6 is 0 Å². The molecule has 0 fully saturated rings. The van der Waals surface area contributed by atoms with Crippen molar-refractivity contribution in [1.82, 2.24) is 14.7 Å². The van der Waals surface area contributed by atoms with Gasteiger partial charge in [-0.1, -0.05) is 30.3 Å². The molecule has 0 aliphatic carbocycles. The Morgan fingerprint density at radius 2 is 1.41 bits per heavy atom. The van der Waals surface area contributed by atoms with E-state index in [-0.39, 0.29) is 43.7 Å². The smallest absolute Gasteiger partial charge is 0.261 e. The number of methoxy groups -OCH3 is 2. The Labute approximate surface area is 344 Å². The van der Waals surface area contributed by atoms with Gasteiger partial charge in [0.15, 0.2) is 34.5 Å². The van der Waals surface area contributed by atoms with Gasteiger partial charge in [-0.2, -0.15) is 0 Å². The lowest BCUT2D eigenvalue weighted by atomic mass is 9.86. The number of aliphatic hydroxyl groups excluding tert-OH is 1. The highest BCUT2D eigenvalue weighted by Gasteiger charge is 2.36. The second-order valence-electron chi connectivity index (χ2n) is 15.9. The Hall–Kier alpha value is -5.88. The number of imide groups is 1. The summed E-state index contributed by atoms with van der Waals surface area (Å²) >= 11 is 0. The molecule has 0 radical (unpaired) electrons. The molecule has 59 heavy (non-hydrogen) atoms. The lowest BCUT2D eigenvalue weighted by Gasteiger charge is -2.37. The topological polar surface area (TPSA) is 110 Å². The molecule has 5 aliphatic rings. The van der Waals surface area contributed by atoms with Crippen LogP contribution in [0.1, 0.15) is 78.2 Å². The second kappa shape index (κ2) is 16.1. The molecule has 2 atom stereocenters. The first kappa shape index (κ1) is 38.6. The summed E-state index contributed by atoms with van der Waals surface area (Å²) in [7, 11) is 7.59. The highest BCUT2D eigenvalue weighted by Crippen LogP contribution is 2.50. The van der Waals surface area contributed by atoms with Gasteiger partial charge in [0.2, 0.25) is 0 Å². The van der Waals surface area contributed by atoms with E-state index in [0.29, 0.717) is 69.8 Å². The van der Waals surface area contributed by atoms with Gasteiger partial charge >= 0.3 is 0 Å². The van der Waals surface area contributed by atoms with Gasteiger partial charge in [0, 0.05) is 42.8 Å². The minimum absolute atomic E-state index is 0.0909. The molecule has 5 heterocycles. The van der Waals surface area contributed by atoms with E-state index < -0.39 is 0 Å². The number of amides is 2. The zero-order valence-electron chi connectivity index (χ0n) is 34.0. The van der Waals surface area contributed by atoms with Crippen molar-refractivity contribution in [2.24, 2.45) is 0 Å². The quantitative estimate of drug-likeness (QED) is 0.124. The number of benzene rings is 5. The summed E-state index contributed by atoms with van der Waals surface area (Å²) in [6, 6.07) is 27.5. The summed E-state index contributed by atoms with van der Waals surface area (Å²) in [6.07, 6.45) is 3.52. The second-order valence-corrected chi connectivity index (χ2v) is 15.9. The maximum Gasteiger partial charge on any atom is 0.261 e. The van der Waals surface area contributed by atoms with Crippen molar-refractivity contribution < 1.29 is 38.4 Å². The van der Waals surface area contributed by atoms with Crippen molar-refractivity contribution >= 4 is 11.8 Å². The van der Waals surface area contributed by atoms with Crippen molar-refractivity contribution in [3.63, 3.8) is 0 Å². The number of nitrogens with zero attached hydrogens (tertiary/aromatic N) is 3. The maximum atomic E-state index is 13.0. The molecule has 10 rings (SSSR count). The summed E-state index contributed by atoms with van der Waals surface area (Å²) in [5.74, 6) is 3.60. The van der Waals surface area contributed by atoms with Crippen LogP contribution < -0.4 is 23.7 Å². The number of rotatable bonds is 8. The minimum Gasteiger partial charge on any atom is -0.493 e. The Morgan fingerprint density at radius 3 is 2.12 bits per heavy atom. The van der Waals surface area contributed by atoms with Crippen LogP contribution in [0.15, 0.2) is 84.9 Å². The fourth-order valence-electron chi connectivity index (χ4n) is 9.16. The molecule has 0 unspecified atom stereocenters. The first-order valence-electron chi connectivity index (χ1n) is 20.3. The summed E-state index contributed by atoms with van der Waals surface area (Å²) in [4.78, 5) is 32.0. The lowest BCUT2D eigenvalue weighted by Crippen LogP contribution is -2.34. The van der Waals surface area contributed by atoms with Crippen LogP contribution in [0.4, 0.5) is 0 Å². The van der Waals surface area contributed by atoms with Crippen molar-refractivity contribution in [3.05, 3.63) is 135 Å². The zero-order valence-corrected chi connectivity index (χ0v) is 34.0. The third-order valence-electron chi connectivity index (χ3n) is 12.4. The fourth-order valence-corrected chi connectivity index (χ4v) is 9.16. The molecule has 304 valence electrons. The standard InChI is InChI=1S/C48H49N3O8/c1-49-19-16-31-26-41(55-3)43-27-37(31)38(49)22-29-10-13-34(14-11-29)58-42-24-30(23-39-44-32(17-20-50(39)2)25-33(28-52)45(56-4)46(44)59-43)12-15-40(42)57-21-7-18-51-47(53)35-8-5-6-9-36(35)48(51)54/h5-6,8-15,24-27,38-39,52H,7,16-23,28H2,1-4H3/t38-,39+/m0/s1. The molecular formula is C48H49N3O8. The molecule has 0 saturated heterocycles. The summed E-state index contributed by atoms with van der Waals surface area (Å²) in [5, 5.41) is 10.6. The molecule has 5 aromatic carbocycles. The molecule has 11 heteroatoms. The van der Waals surface area contributed by atoms with Crippen LogP contribution in [0.2, 0.25) is 0 Å². The van der Waals surface area contributed by atoms with Gasteiger partial charge in [-0.25, -0.2) is 0 Å². The SMILES string of the molecule is COc1cc2c3cc1Oc1c(OC)c(CO)cc4c1[C@@H](Cc1ccc(OCCCN5C(=O)c6ccccc6C5=O)c(c1)Oc1ccc(cc1)C[C@@H]3N(C)CC2)N(C)CC4. The summed E-state index contributed by atoms with van der Waals surface area (Å²) < 4.78 is 32.1. The number of aliphatic hydroxyl groups is 1. The van der Waals surface area contributed by atoms with E-state index in [1.165, 1.54) is 16.0 Å². The third kappa shape index (κ3) is 7.17. The number of likely N-dealkylation sites (N-methyl/N-ethyl adjacent to an activating group) is 2. The molecule has 11 nitrogen and oxygen atoms in total. The molecule has 0 aromatic heterocycles. The number of hydrogen-bond acceptors (Lipinski definition) is 10. The minimum atomic E-state index is -0.274. The number of hydrogen-bond donors (Lipinski definition) is 1. The Balaban J connectivity index is 1.10. The molecule has 6 bridgehead atoms. The van der Waals surface area contributed by atoms with Gasteiger partial charge in [-0.15, -0.1) is 0 Å². The van der Waals surface area contributed by atoms with Gasteiger partial charge in [0.1, 0.15) is 5.75 Å². The van der Waals surface area contributed by atoms with Crippen molar-refractivity contribution in [1.29, 1.82) is 0 Å². The monoisotopic (exact) mass is 795 g/mol. The van der Waals surface area contributed by atoms with E-state index in [1.807, 2.05) is 24.3 Å². The van der Waals surface area contributed by atoms with Gasteiger partial charge in [-0.05, 0) is 129 Å². The number of ether oxygens (including phenoxy) is 5. The molecule has 0 spiro atoms. The van der Waals surface area contributed by atoms with Crippen molar-refractivity contribution in [3.8, 4) is 40.2 Å². The van der Waals surface area contributed by atoms with Gasteiger partial charge in [0.25, 0.3) is 11.8 Å². The van der Waals surface area contributed by atoms with Gasteiger partial charge in [-0.3, -0.25) is 24.3 Å². The normalized spacial score (nSPS) is 18.6. The van der Waals surface area contributed by atoms with E-state index in [4.69, 9.17) is 23.7 Å². The Kier molecular flexibility index (Phi) is 10.5. The van der Waals surface area contributed by atoms with Gasteiger partial charge < -0.3 is 28.8 Å². The van der Waals surface area contributed by atoms with E-state index in [9.17, 15) is 14.7 Å². The number of fused-ring (bicyclic) bond motifs is 3. The van der Waals surface area contributed by atoms with Crippen LogP contribution in [-0.2, 0) is 32.3 Å². The molecule has 1 N–H and O–H groups in total. The highest BCUT2D eigenvalue weighted by atomic mass is 16.5. The van der Waals surface area contributed by atoms with Gasteiger partial charge in [0.05, 0.1) is 38.6 Å². The first-order valence-corrected chi connectivity index (χ1v) is 20.3. The number of carbonyl (C=O) groups excluding carboxylic acids is 2. The molecule has 0 saturated carbocycles. The Morgan fingerprint density at radius 1 is 0.729 bits per heavy atom. The summed E-state index contributed by atoms with van der Waals surface area (Å²) in [6.45, 7) is 2.05. The average molecular weight is 796 g/mol. The van der Waals surface area contributed by atoms with E-state index in [0.717, 1.165) is 54.6 Å². The van der Waals surface area contributed by atoms with Crippen LogP contribution in [0.25, 0.3) is 0 Å². The van der Waals surface area contributed by atoms with Crippen LogP contribution in [0, 0.1) is 0 Å². The van der Waals surface area contributed by atoms with E-state index in [2.05, 4.69) is 60.3 Å². The van der Waals surface area contributed by atoms with Crippen molar-refractivity contribution in [2.45, 2.75) is 50.8 Å². The molecular weight excluding hydrogens is 747 g/mol. The molecule has 5 aliphatic heterocycles. The largest absolute Gasteiger partial charge is 0.493 e. The predicted octanol–water partition coefficient (Wildman–Crippen LogP) is 7.70. The molecule has 2 amide bonds. The predicted molar refractivity (Wildman–Crippen MR) is 222 cm³/mol. The van der Waals surface area contributed by atoms with Crippen LogP contribution in [0.5, 0.6) is 40.2 Å². The van der Waals surface area contributed by atoms with E-state index >= 15 is 0 Å². The first-order chi connectivity index (χ1) is 28.7. The number of carbonyl (C=O) groups is 2. The van der Waals surface area contributed by atoms with Crippen molar-refractivity contribution in [2.75, 3.05) is 54.6 Å². The van der Waals surface area contributed by atoms with Crippen LogP contribution in [0.3, 0.4) is 0 Å². The van der Waals surface area contributed by atoms with Crippen LogP contribution in [-0.4, -0.2) is 86.2 Å². The highest BCUT2D eigenvalue weighted by molar-refractivity contribution is 6.21.